The molecule has 1 aliphatic rings. The zero-order chi connectivity index (χ0) is 10.8. The minimum absolute atomic E-state index is 0.981. The fraction of sp³-hybridized carbons (Fsp3) is 0.333. The van der Waals surface area contributed by atoms with Gasteiger partial charge in [0, 0.05) is 7.05 Å². The molecule has 3 heteroatoms. The number of rotatable bonds is 1. The van der Waals surface area contributed by atoms with E-state index in [2.05, 4.69) is 54.4 Å². The summed E-state index contributed by atoms with van der Waals surface area (Å²) in [6.07, 6.45) is 0. The Balaban J connectivity index is 2.35. The Morgan fingerprint density at radius 1 is 1.33 bits per heavy atom. The fourth-order valence-electron chi connectivity index (χ4n) is 1.54. The zero-order valence-electron chi connectivity index (χ0n) is 9.32. The van der Waals surface area contributed by atoms with Crippen LogP contribution >= 0.6 is 0 Å². The molecule has 2 nitrogen and oxygen atoms in total. The SMILES string of the molecule is Cc1ccc(N=C2[S+]=CCN2C)c(C)c1. The monoisotopic (exact) mass is 219 g/mol. The summed E-state index contributed by atoms with van der Waals surface area (Å²) in [7, 11) is 2.07. The lowest BCUT2D eigenvalue weighted by Crippen LogP contribution is -2.20. The van der Waals surface area contributed by atoms with Crippen LogP contribution in [0.1, 0.15) is 11.1 Å². The first kappa shape index (κ1) is 10.3. The molecule has 78 valence electrons. The third kappa shape index (κ3) is 2.23. The number of amidine groups is 1. The molecule has 0 N–H and O–H groups in total. The fourth-order valence-corrected chi connectivity index (χ4v) is 2.39. The van der Waals surface area contributed by atoms with Crippen molar-refractivity contribution in [1.29, 1.82) is 0 Å². The van der Waals surface area contributed by atoms with Crippen LogP contribution in [0.25, 0.3) is 0 Å². The van der Waals surface area contributed by atoms with Crippen LogP contribution in [0, 0.1) is 13.8 Å². The van der Waals surface area contributed by atoms with Gasteiger partial charge in [-0.2, -0.15) is 4.99 Å². The van der Waals surface area contributed by atoms with Crippen LogP contribution < -0.4 is 0 Å². The Bertz CT molecular complexity index is 435. The molecule has 1 aromatic rings. The first-order valence-electron chi connectivity index (χ1n) is 5.02. The van der Waals surface area contributed by atoms with Crippen LogP contribution in [0.4, 0.5) is 5.69 Å². The molecule has 1 aliphatic heterocycles. The third-order valence-corrected chi connectivity index (χ3v) is 3.36. The van der Waals surface area contributed by atoms with Crippen molar-refractivity contribution < 1.29 is 0 Å². The van der Waals surface area contributed by atoms with Crippen molar-refractivity contribution in [2.24, 2.45) is 4.99 Å². The molecule has 1 heterocycles. The molecule has 0 spiro atoms. The van der Waals surface area contributed by atoms with Gasteiger partial charge in [-0.1, -0.05) is 17.7 Å². The summed E-state index contributed by atoms with van der Waals surface area (Å²) in [4.78, 5) is 6.81. The van der Waals surface area contributed by atoms with Gasteiger partial charge in [0.25, 0.3) is 11.4 Å². The molecule has 0 aliphatic carbocycles. The number of benzene rings is 1. The third-order valence-electron chi connectivity index (χ3n) is 2.43. The van der Waals surface area contributed by atoms with E-state index in [1.807, 2.05) is 0 Å². The van der Waals surface area contributed by atoms with E-state index in [1.54, 1.807) is 11.4 Å². The van der Waals surface area contributed by atoms with Crippen molar-refractivity contribution in [1.82, 2.24) is 4.90 Å². The average Bonchev–Trinajstić information content (AvgIpc) is 2.57. The summed E-state index contributed by atoms with van der Waals surface area (Å²) in [6, 6.07) is 6.36. The molecule has 2 rings (SSSR count). The second-order valence-electron chi connectivity index (χ2n) is 3.85. The zero-order valence-corrected chi connectivity index (χ0v) is 10.1. The van der Waals surface area contributed by atoms with Crippen molar-refractivity contribution in [3.05, 3.63) is 29.3 Å². The second-order valence-corrected chi connectivity index (χ2v) is 4.78. The molecule has 0 fully saturated rings. The summed E-state index contributed by atoms with van der Waals surface area (Å²) in [5.41, 5.74) is 3.60. The first-order chi connectivity index (χ1) is 7.16. The predicted molar refractivity (Wildman–Crippen MR) is 69.1 cm³/mol. The topological polar surface area (TPSA) is 15.6 Å². The van der Waals surface area contributed by atoms with E-state index < -0.39 is 0 Å². The Hall–Kier alpha value is -1.22. The Labute approximate surface area is 94.6 Å². The van der Waals surface area contributed by atoms with Gasteiger partial charge in [-0.15, -0.1) is 0 Å². The van der Waals surface area contributed by atoms with Crippen LogP contribution in [-0.4, -0.2) is 29.0 Å². The lowest BCUT2D eigenvalue weighted by Gasteiger charge is -2.04. The molecule has 0 radical (unpaired) electrons. The van der Waals surface area contributed by atoms with Gasteiger partial charge in [-0.05, 0) is 25.5 Å². The van der Waals surface area contributed by atoms with Crippen LogP contribution in [0.15, 0.2) is 23.2 Å². The molecule has 15 heavy (non-hydrogen) atoms. The normalized spacial score (nSPS) is 17.8. The number of aryl methyl sites for hydroxylation is 2. The maximum Gasteiger partial charge on any atom is 0.399 e. The van der Waals surface area contributed by atoms with Crippen LogP contribution in [0.2, 0.25) is 0 Å². The average molecular weight is 219 g/mol. The Morgan fingerprint density at radius 3 is 2.73 bits per heavy atom. The van der Waals surface area contributed by atoms with E-state index in [0.29, 0.717) is 0 Å². The van der Waals surface area contributed by atoms with Crippen molar-refractivity contribution >= 4 is 27.6 Å². The number of nitrogens with zero attached hydrogens (tertiary/aromatic N) is 2. The summed E-state index contributed by atoms with van der Waals surface area (Å²) in [6.45, 7) is 5.19. The van der Waals surface area contributed by atoms with Gasteiger partial charge in [0.05, 0.1) is 12.2 Å². The van der Waals surface area contributed by atoms with Crippen LogP contribution in [0.5, 0.6) is 0 Å². The largest absolute Gasteiger partial charge is 0.399 e. The van der Waals surface area contributed by atoms with Crippen LogP contribution in [0.3, 0.4) is 0 Å². The highest BCUT2D eigenvalue weighted by Crippen LogP contribution is 2.20. The smallest absolute Gasteiger partial charge is 0.302 e. The van der Waals surface area contributed by atoms with E-state index in [0.717, 1.165) is 17.4 Å². The van der Waals surface area contributed by atoms with Gasteiger partial charge in [0.2, 0.25) is 0 Å². The van der Waals surface area contributed by atoms with E-state index in [9.17, 15) is 0 Å². The Morgan fingerprint density at radius 2 is 2.13 bits per heavy atom. The van der Waals surface area contributed by atoms with E-state index >= 15 is 0 Å². The summed E-state index contributed by atoms with van der Waals surface area (Å²) < 4.78 is 0. The molecule has 0 bridgehead atoms. The predicted octanol–water partition coefficient (Wildman–Crippen LogP) is 2.12. The maximum atomic E-state index is 4.65. The van der Waals surface area contributed by atoms with Crippen LogP contribution in [-0.2, 0) is 11.4 Å². The molecular weight excluding hydrogens is 204 g/mol. The molecular formula is C12H15N2S+. The van der Waals surface area contributed by atoms with E-state index in [-0.39, 0.29) is 0 Å². The molecule has 0 atom stereocenters. The quantitative estimate of drug-likeness (QED) is 0.522. The highest BCUT2D eigenvalue weighted by atomic mass is 32.1. The number of aliphatic imine (C=N–C) groups is 1. The van der Waals surface area contributed by atoms with E-state index in [1.165, 1.54) is 11.1 Å². The van der Waals surface area contributed by atoms with Gasteiger partial charge >= 0.3 is 5.17 Å². The number of hydrogen-bond acceptors (Lipinski definition) is 1. The van der Waals surface area contributed by atoms with Gasteiger partial charge in [-0.25, -0.2) is 0 Å². The van der Waals surface area contributed by atoms with Gasteiger partial charge in [-0.3, -0.25) is 0 Å². The molecule has 0 amide bonds. The molecule has 0 saturated carbocycles. The lowest BCUT2D eigenvalue weighted by atomic mass is 10.1. The van der Waals surface area contributed by atoms with Gasteiger partial charge in [0.15, 0.2) is 5.37 Å². The molecule has 0 unspecified atom stereocenters. The van der Waals surface area contributed by atoms with Crippen molar-refractivity contribution in [3.63, 3.8) is 0 Å². The van der Waals surface area contributed by atoms with Gasteiger partial charge < -0.3 is 4.90 Å². The van der Waals surface area contributed by atoms with Crippen molar-refractivity contribution in [2.45, 2.75) is 13.8 Å². The van der Waals surface area contributed by atoms with Crippen molar-refractivity contribution in [2.75, 3.05) is 13.6 Å². The van der Waals surface area contributed by atoms with Gasteiger partial charge in [0.1, 0.15) is 0 Å². The molecule has 1 aromatic carbocycles. The summed E-state index contributed by atoms with van der Waals surface area (Å²) >= 11 is 1.71. The maximum absolute atomic E-state index is 4.65. The minimum Gasteiger partial charge on any atom is -0.302 e. The highest BCUT2D eigenvalue weighted by molar-refractivity contribution is 7.93. The van der Waals surface area contributed by atoms with Crippen molar-refractivity contribution in [3.8, 4) is 0 Å². The summed E-state index contributed by atoms with van der Waals surface area (Å²) in [5.74, 6) is 0. The highest BCUT2D eigenvalue weighted by Gasteiger charge is 2.22. The number of hydrogen-bond donors (Lipinski definition) is 0. The Kier molecular flexibility index (Phi) is 2.82. The molecule has 0 aromatic heterocycles. The molecule has 0 saturated heterocycles. The lowest BCUT2D eigenvalue weighted by molar-refractivity contribution is 0.604. The minimum atomic E-state index is 0.981. The van der Waals surface area contributed by atoms with E-state index in [4.69, 9.17) is 0 Å². The first-order valence-corrected chi connectivity index (χ1v) is 5.90. The standard InChI is InChI=1S/C12H15N2S/c1-9-4-5-11(10(2)8-9)13-12-14(3)6-7-15-12/h4-5,7-8H,6H2,1-3H3/q+1. The second kappa shape index (κ2) is 4.11. The summed E-state index contributed by atoms with van der Waals surface area (Å²) in [5, 5.41) is 3.25.